The number of imide groups is 1. The van der Waals surface area contributed by atoms with Gasteiger partial charge in [0.15, 0.2) is 0 Å². The molecule has 6 heteroatoms. The molecule has 6 nitrogen and oxygen atoms in total. The Hall–Kier alpha value is -2.21. The Bertz CT molecular complexity index is 593. The minimum absolute atomic E-state index is 0.167. The van der Waals surface area contributed by atoms with Crippen LogP contribution in [0.2, 0.25) is 0 Å². The molecule has 1 saturated heterocycles. The van der Waals surface area contributed by atoms with E-state index in [-0.39, 0.29) is 36.7 Å². The number of benzene rings is 1. The van der Waals surface area contributed by atoms with Crippen LogP contribution >= 0.6 is 0 Å². The highest BCUT2D eigenvalue weighted by Crippen LogP contribution is 2.26. The van der Waals surface area contributed by atoms with Crippen molar-refractivity contribution >= 4 is 23.5 Å². The lowest BCUT2D eigenvalue weighted by Crippen LogP contribution is -2.42. The maximum absolute atomic E-state index is 12.6. The minimum atomic E-state index is -0.382. The number of hydrogen-bond donors (Lipinski definition) is 0. The average Bonchev–Trinajstić information content (AvgIpc) is 2.84. The van der Waals surface area contributed by atoms with Gasteiger partial charge in [0, 0.05) is 0 Å². The van der Waals surface area contributed by atoms with Crippen molar-refractivity contribution in [1.29, 1.82) is 0 Å². The van der Waals surface area contributed by atoms with E-state index < -0.39 is 0 Å². The normalized spacial score (nSPS) is 17.9. The van der Waals surface area contributed by atoms with E-state index in [0.717, 1.165) is 18.7 Å². The first-order valence-electron chi connectivity index (χ1n) is 7.78. The van der Waals surface area contributed by atoms with Gasteiger partial charge in [-0.3, -0.25) is 19.3 Å². The molecule has 2 amide bonds. The molecule has 1 fully saturated rings. The van der Waals surface area contributed by atoms with Gasteiger partial charge < -0.3 is 4.74 Å². The summed E-state index contributed by atoms with van der Waals surface area (Å²) in [6, 6.07) is 6.47. The zero-order valence-electron chi connectivity index (χ0n) is 13.7. The summed E-state index contributed by atoms with van der Waals surface area (Å²) >= 11 is 0. The molecule has 0 spiro atoms. The molecule has 2 rings (SSSR count). The van der Waals surface area contributed by atoms with Crippen LogP contribution in [0.3, 0.4) is 0 Å². The van der Waals surface area contributed by atoms with Crippen molar-refractivity contribution in [3.8, 4) is 0 Å². The van der Waals surface area contributed by atoms with Crippen molar-refractivity contribution in [2.24, 2.45) is 0 Å². The summed E-state index contributed by atoms with van der Waals surface area (Å²) in [4.78, 5) is 39.3. The highest BCUT2D eigenvalue weighted by molar-refractivity contribution is 6.22. The van der Waals surface area contributed by atoms with Crippen molar-refractivity contribution < 1.29 is 19.1 Å². The summed E-state index contributed by atoms with van der Waals surface area (Å²) < 4.78 is 4.62. The second-order valence-electron chi connectivity index (χ2n) is 5.43. The van der Waals surface area contributed by atoms with Crippen LogP contribution in [0.4, 0.5) is 5.69 Å². The van der Waals surface area contributed by atoms with Crippen LogP contribution in [-0.2, 0) is 25.5 Å². The highest BCUT2D eigenvalue weighted by atomic mass is 16.5. The van der Waals surface area contributed by atoms with E-state index in [0.29, 0.717) is 5.69 Å². The number of nitrogens with zero attached hydrogens (tertiary/aromatic N) is 2. The lowest BCUT2D eigenvalue weighted by Gasteiger charge is -2.24. The molecule has 1 atom stereocenters. The third-order valence-electron chi connectivity index (χ3n) is 4.15. The largest absolute Gasteiger partial charge is 0.469 e. The van der Waals surface area contributed by atoms with Gasteiger partial charge in [0.25, 0.3) is 5.91 Å². The van der Waals surface area contributed by atoms with E-state index in [4.69, 9.17) is 0 Å². The van der Waals surface area contributed by atoms with Crippen LogP contribution in [0.25, 0.3) is 0 Å². The van der Waals surface area contributed by atoms with E-state index in [1.54, 1.807) is 24.3 Å². The van der Waals surface area contributed by atoms with Gasteiger partial charge in [-0.15, -0.1) is 0 Å². The van der Waals surface area contributed by atoms with Crippen LogP contribution in [0.15, 0.2) is 24.3 Å². The first kappa shape index (κ1) is 17.1. The SMILES string of the molecule is CCN(CC)[C@@H]1CC(=O)N(c2ccc(CC(=O)OC)cc2)C1=O. The molecule has 0 aliphatic carbocycles. The molecule has 0 aromatic heterocycles. The average molecular weight is 318 g/mol. The molecule has 0 radical (unpaired) electrons. The monoisotopic (exact) mass is 318 g/mol. The van der Waals surface area contributed by atoms with Crippen LogP contribution in [-0.4, -0.2) is 48.9 Å². The molecule has 1 aliphatic rings. The number of hydrogen-bond acceptors (Lipinski definition) is 5. The number of anilines is 1. The van der Waals surface area contributed by atoms with Crippen molar-refractivity contribution in [1.82, 2.24) is 4.90 Å². The van der Waals surface area contributed by atoms with Gasteiger partial charge in [-0.1, -0.05) is 26.0 Å². The maximum atomic E-state index is 12.6. The number of methoxy groups -OCH3 is 1. The van der Waals surface area contributed by atoms with E-state index in [9.17, 15) is 14.4 Å². The van der Waals surface area contributed by atoms with Gasteiger partial charge in [0.05, 0.1) is 31.7 Å². The fraction of sp³-hybridized carbons (Fsp3) is 0.471. The second-order valence-corrected chi connectivity index (χ2v) is 5.43. The van der Waals surface area contributed by atoms with Gasteiger partial charge in [-0.05, 0) is 30.8 Å². The number of ether oxygens (including phenoxy) is 1. The highest BCUT2D eigenvalue weighted by Gasteiger charge is 2.41. The molecule has 0 saturated carbocycles. The Labute approximate surface area is 136 Å². The van der Waals surface area contributed by atoms with Gasteiger partial charge in [0.1, 0.15) is 0 Å². The molecule has 0 bridgehead atoms. The number of carbonyl (C=O) groups is 3. The number of esters is 1. The van der Waals surface area contributed by atoms with Crippen LogP contribution in [0, 0.1) is 0 Å². The van der Waals surface area contributed by atoms with E-state index in [1.165, 1.54) is 12.0 Å². The number of amides is 2. The van der Waals surface area contributed by atoms with Gasteiger partial charge in [-0.25, -0.2) is 4.90 Å². The number of carbonyl (C=O) groups excluding carboxylic acids is 3. The van der Waals surface area contributed by atoms with Crippen molar-refractivity contribution in [2.75, 3.05) is 25.1 Å². The fourth-order valence-corrected chi connectivity index (χ4v) is 2.84. The fourth-order valence-electron chi connectivity index (χ4n) is 2.84. The number of likely N-dealkylation sites (N-methyl/N-ethyl adjacent to an activating group) is 1. The maximum Gasteiger partial charge on any atom is 0.309 e. The quantitative estimate of drug-likeness (QED) is 0.585. The lowest BCUT2D eigenvalue weighted by atomic mass is 10.1. The summed E-state index contributed by atoms with van der Waals surface area (Å²) in [5, 5.41) is 0. The van der Waals surface area contributed by atoms with Crippen molar-refractivity contribution in [3.63, 3.8) is 0 Å². The molecular formula is C17H22N2O4. The smallest absolute Gasteiger partial charge is 0.309 e. The zero-order chi connectivity index (χ0) is 17.0. The summed E-state index contributed by atoms with van der Waals surface area (Å²) in [5.74, 6) is -0.695. The Morgan fingerprint density at radius 2 is 1.83 bits per heavy atom. The van der Waals surface area contributed by atoms with Crippen LogP contribution < -0.4 is 4.90 Å². The molecule has 1 aromatic rings. The zero-order valence-corrected chi connectivity index (χ0v) is 13.7. The van der Waals surface area contributed by atoms with Crippen molar-refractivity contribution in [3.05, 3.63) is 29.8 Å². The molecule has 1 aliphatic heterocycles. The van der Waals surface area contributed by atoms with Gasteiger partial charge in [0.2, 0.25) is 5.91 Å². The number of rotatable bonds is 6. The third-order valence-corrected chi connectivity index (χ3v) is 4.15. The van der Waals surface area contributed by atoms with Crippen molar-refractivity contribution in [2.45, 2.75) is 32.7 Å². The lowest BCUT2D eigenvalue weighted by molar-refractivity contribution is -0.139. The van der Waals surface area contributed by atoms with E-state index in [1.807, 2.05) is 18.7 Å². The molecule has 124 valence electrons. The summed E-state index contributed by atoms with van der Waals surface area (Å²) in [7, 11) is 1.34. The summed E-state index contributed by atoms with van der Waals surface area (Å²) in [5.41, 5.74) is 1.32. The Morgan fingerprint density at radius 1 is 1.22 bits per heavy atom. The predicted octanol–water partition coefficient (Wildman–Crippen LogP) is 1.38. The topological polar surface area (TPSA) is 66.9 Å². The Kier molecular flexibility index (Phi) is 5.50. The molecule has 1 heterocycles. The van der Waals surface area contributed by atoms with E-state index in [2.05, 4.69) is 4.74 Å². The third kappa shape index (κ3) is 3.59. The Morgan fingerprint density at radius 3 is 2.35 bits per heavy atom. The molecule has 0 unspecified atom stereocenters. The summed E-state index contributed by atoms with van der Waals surface area (Å²) in [6.07, 6.45) is 0.380. The first-order valence-corrected chi connectivity index (χ1v) is 7.78. The van der Waals surface area contributed by atoms with Gasteiger partial charge in [-0.2, -0.15) is 0 Å². The van der Waals surface area contributed by atoms with Crippen LogP contribution in [0.1, 0.15) is 25.8 Å². The predicted molar refractivity (Wildman–Crippen MR) is 86.0 cm³/mol. The van der Waals surface area contributed by atoms with Gasteiger partial charge >= 0.3 is 5.97 Å². The molecule has 0 N–H and O–H groups in total. The van der Waals surface area contributed by atoms with Crippen LogP contribution in [0.5, 0.6) is 0 Å². The minimum Gasteiger partial charge on any atom is -0.469 e. The summed E-state index contributed by atoms with van der Waals surface area (Å²) in [6.45, 7) is 5.41. The standard InChI is InChI=1S/C17H22N2O4/c1-4-18(5-2)14-11-15(20)19(17(14)22)13-8-6-12(7-9-13)10-16(21)23-3/h6-9,14H,4-5,10-11H2,1-3H3/t14-/m1/s1. The molecular weight excluding hydrogens is 296 g/mol. The molecule has 1 aromatic carbocycles. The Balaban J connectivity index is 2.16. The van der Waals surface area contributed by atoms with E-state index >= 15 is 0 Å². The molecule has 23 heavy (non-hydrogen) atoms. The second kappa shape index (κ2) is 7.37. The first-order chi connectivity index (χ1) is 11.0.